The van der Waals surface area contributed by atoms with Crippen LogP contribution in [0.4, 0.5) is 11.4 Å². The van der Waals surface area contributed by atoms with Crippen LogP contribution in [0.1, 0.15) is 6.92 Å². The Balaban J connectivity index is 2.38. The van der Waals surface area contributed by atoms with Crippen LogP contribution in [0.2, 0.25) is 5.02 Å². The molecule has 0 atom stereocenters. The minimum Gasteiger partial charge on any atom is -0.492 e. The highest BCUT2D eigenvalue weighted by atomic mass is 35.5. The Morgan fingerprint density at radius 2 is 1.95 bits per heavy atom. The average Bonchev–Trinajstić information content (AvgIpc) is 2.40. The van der Waals surface area contributed by atoms with Gasteiger partial charge in [-0.25, -0.2) is 8.42 Å². The Morgan fingerprint density at radius 1 is 1.24 bits per heavy atom. The van der Waals surface area contributed by atoms with E-state index < -0.39 is 10.0 Å². The molecule has 21 heavy (non-hydrogen) atoms. The van der Waals surface area contributed by atoms with Crippen LogP contribution in [-0.4, -0.2) is 15.0 Å². The third-order valence-electron chi connectivity index (χ3n) is 2.69. The number of para-hydroxylation sites is 2. The van der Waals surface area contributed by atoms with E-state index in [1.807, 2.05) is 6.92 Å². The predicted octanol–water partition coefficient (Wildman–Crippen LogP) is 3.12. The highest BCUT2D eigenvalue weighted by Gasteiger charge is 2.19. The number of halogens is 1. The van der Waals surface area contributed by atoms with Gasteiger partial charge in [0.25, 0.3) is 10.0 Å². The number of hydrogen-bond donors (Lipinski definition) is 2. The normalized spacial score (nSPS) is 11.1. The van der Waals surface area contributed by atoms with Crippen molar-refractivity contribution in [1.82, 2.24) is 0 Å². The summed E-state index contributed by atoms with van der Waals surface area (Å²) in [6, 6.07) is 11.0. The zero-order valence-corrected chi connectivity index (χ0v) is 12.9. The molecule has 0 aliphatic heterocycles. The van der Waals surface area contributed by atoms with Crippen LogP contribution in [0.5, 0.6) is 5.75 Å². The molecule has 0 aliphatic rings. The molecule has 0 radical (unpaired) electrons. The van der Waals surface area contributed by atoms with E-state index in [9.17, 15) is 8.42 Å². The molecule has 0 heterocycles. The lowest BCUT2D eigenvalue weighted by Gasteiger charge is -2.13. The number of rotatable bonds is 5. The van der Waals surface area contributed by atoms with Gasteiger partial charge >= 0.3 is 0 Å². The zero-order valence-electron chi connectivity index (χ0n) is 11.3. The van der Waals surface area contributed by atoms with Crippen LogP contribution in [0, 0.1) is 0 Å². The van der Waals surface area contributed by atoms with Gasteiger partial charge in [0.2, 0.25) is 0 Å². The third kappa shape index (κ3) is 3.59. The minimum atomic E-state index is -3.82. The first-order chi connectivity index (χ1) is 9.94. The van der Waals surface area contributed by atoms with Crippen molar-refractivity contribution in [3.8, 4) is 5.75 Å². The van der Waals surface area contributed by atoms with E-state index in [1.54, 1.807) is 24.3 Å². The molecule has 0 saturated carbocycles. The SMILES string of the molecule is CCOc1ccccc1NS(=O)(=O)c1ccc(Cl)cc1N. The molecule has 2 rings (SSSR count). The summed E-state index contributed by atoms with van der Waals surface area (Å²) in [5.41, 5.74) is 6.17. The number of ether oxygens (including phenoxy) is 1. The molecule has 0 bridgehead atoms. The quantitative estimate of drug-likeness (QED) is 0.827. The van der Waals surface area contributed by atoms with Crippen LogP contribution in [-0.2, 0) is 10.0 Å². The number of hydrogen-bond acceptors (Lipinski definition) is 4. The fourth-order valence-electron chi connectivity index (χ4n) is 1.80. The molecule has 112 valence electrons. The topological polar surface area (TPSA) is 81.4 Å². The van der Waals surface area contributed by atoms with Gasteiger partial charge in [-0.15, -0.1) is 0 Å². The number of anilines is 2. The molecule has 5 nitrogen and oxygen atoms in total. The predicted molar refractivity (Wildman–Crippen MR) is 84.3 cm³/mol. The molecular formula is C14H15ClN2O3S. The molecule has 0 saturated heterocycles. The van der Waals surface area contributed by atoms with E-state index >= 15 is 0 Å². The van der Waals surface area contributed by atoms with Gasteiger partial charge in [-0.1, -0.05) is 23.7 Å². The summed E-state index contributed by atoms with van der Waals surface area (Å²) < 4.78 is 32.7. The highest BCUT2D eigenvalue weighted by molar-refractivity contribution is 7.92. The number of benzene rings is 2. The van der Waals surface area contributed by atoms with Gasteiger partial charge in [-0.2, -0.15) is 0 Å². The summed E-state index contributed by atoms with van der Waals surface area (Å²) in [4.78, 5) is -0.0294. The molecule has 0 aliphatic carbocycles. The molecule has 0 unspecified atom stereocenters. The van der Waals surface area contributed by atoms with Gasteiger partial charge in [0.15, 0.2) is 0 Å². The Morgan fingerprint density at radius 3 is 2.62 bits per heavy atom. The first kappa shape index (κ1) is 15.5. The van der Waals surface area contributed by atoms with Crippen LogP contribution in [0.15, 0.2) is 47.4 Å². The largest absolute Gasteiger partial charge is 0.492 e. The van der Waals surface area contributed by atoms with Gasteiger partial charge in [0.1, 0.15) is 10.6 Å². The lowest BCUT2D eigenvalue weighted by molar-refractivity contribution is 0.342. The van der Waals surface area contributed by atoms with Gasteiger partial charge in [-0.05, 0) is 37.3 Å². The molecule has 0 amide bonds. The van der Waals surface area contributed by atoms with Crippen molar-refractivity contribution in [3.05, 3.63) is 47.5 Å². The maximum Gasteiger partial charge on any atom is 0.264 e. The van der Waals surface area contributed by atoms with Crippen molar-refractivity contribution in [1.29, 1.82) is 0 Å². The third-order valence-corrected chi connectivity index (χ3v) is 4.37. The molecule has 7 heteroatoms. The molecule has 0 spiro atoms. The second-order valence-corrected chi connectivity index (χ2v) is 6.30. The highest BCUT2D eigenvalue weighted by Crippen LogP contribution is 2.29. The molecule has 2 aromatic carbocycles. The first-order valence-corrected chi connectivity index (χ1v) is 8.10. The van der Waals surface area contributed by atoms with Crippen molar-refractivity contribution in [2.75, 3.05) is 17.1 Å². The van der Waals surface area contributed by atoms with Crippen LogP contribution in [0.25, 0.3) is 0 Å². The Bertz CT molecular complexity index is 748. The van der Waals surface area contributed by atoms with E-state index in [0.29, 0.717) is 23.1 Å². The molecule has 2 aromatic rings. The van der Waals surface area contributed by atoms with Gasteiger partial charge in [0.05, 0.1) is 18.0 Å². The van der Waals surface area contributed by atoms with Crippen molar-refractivity contribution in [2.45, 2.75) is 11.8 Å². The van der Waals surface area contributed by atoms with Crippen molar-refractivity contribution in [3.63, 3.8) is 0 Å². The zero-order chi connectivity index (χ0) is 15.5. The van der Waals surface area contributed by atoms with E-state index in [1.165, 1.54) is 18.2 Å². The lowest BCUT2D eigenvalue weighted by atomic mass is 10.3. The molecular weight excluding hydrogens is 312 g/mol. The lowest BCUT2D eigenvalue weighted by Crippen LogP contribution is -2.15. The maximum atomic E-state index is 12.4. The Labute approximate surface area is 128 Å². The summed E-state index contributed by atoms with van der Waals surface area (Å²) in [6.45, 7) is 2.25. The van der Waals surface area contributed by atoms with Crippen LogP contribution >= 0.6 is 11.6 Å². The minimum absolute atomic E-state index is 0.0294. The summed E-state index contributed by atoms with van der Waals surface area (Å²) in [7, 11) is -3.82. The van der Waals surface area contributed by atoms with Gasteiger partial charge < -0.3 is 10.5 Å². The summed E-state index contributed by atoms with van der Waals surface area (Å²) in [5, 5.41) is 0.376. The average molecular weight is 327 g/mol. The second-order valence-electron chi connectivity index (χ2n) is 4.22. The monoisotopic (exact) mass is 326 g/mol. The van der Waals surface area contributed by atoms with Crippen LogP contribution in [0.3, 0.4) is 0 Å². The second kappa shape index (κ2) is 6.24. The fourth-order valence-corrected chi connectivity index (χ4v) is 3.16. The number of sulfonamides is 1. The Kier molecular flexibility index (Phi) is 4.59. The standard InChI is InChI=1S/C14H15ClN2O3S/c1-2-20-13-6-4-3-5-12(13)17-21(18,19)14-8-7-10(15)9-11(14)16/h3-9,17H,2,16H2,1H3. The molecule has 0 fully saturated rings. The number of nitrogens with two attached hydrogens (primary N) is 1. The summed E-state index contributed by atoms with van der Waals surface area (Å²) in [6.07, 6.45) is 0. The first-order valence-electron chi connectivity index (χ1n) is 6.23. The van der Waals surface area contributed by atoms with E-state index in [0.717, 1.165) is 0 Å². The van der Waals surface area contributed by atoms with Crippen molar-refractivity contribution >= 4 is 33.0 Å². The van der Waals surface area contributed by atoms with Crippen molar-refractivity contribution in [2.24, 2.45) is 0 Å². The van der Waals surface area contributed by atoms with Gasteiger partial charge in [0, 0.05) is 5.02 Å². The Hall–Kier alpha value is -1.92. The molecule has 3 N–H and O–H groups in total. The van der Waals surface area contributed by atoms with Crippen LogP contribution < -0.4 is 15.2 Å². The van der Waals surface area contributed by atoms with E-state index in [-0.39, 0.29) is 10.6 Å². The molecule has 0 aromatic heterocycles. The number of nitrogens with one attached hydrogen (secondary N) is 1. The van der Waals surface area contributed by atoms with Gasteiger partial charge in [-0.3, -0.25) is 4.72 Å². The fraction of sp³-hybridized carbons (Fsp3) is 0.143. The van der Waals surface area contributed by atoms with E-state index in [2.05, 4.69) is 4.72 Å². The summed E-state index contributed by atoms with van der Waals surface area (Å²) >= 11 is 5.78. The summed E-state index contributed by atoms with van der Waals surface area (Å²) in [5.74, 6) is 0.455. The van der Waals surface area contributed by atoms with Crippen molar-refractivity contribution < 1.29 is 13.2 Å². The van der Waals surface area contributed by atoms with E-state index in [4.69, 9.17) is 22.1 Å². The maximum absolute atomic E-state index is 12.4. The smallest absolute Gasteiger partial charge is 0.264 e. The number of nitrogen functional groups attached to an aromatic ring is 1.